The van der Waals surface area contributed by atoms with Crippen molar-refractivity contribution in [2.75, 3.05) is 5.32 Å². The number of aryl methyl sites for hydroxylation is 2. The van der Waals surface area contributed by atoms with Gasteiger partial charge < -0.3 is 20.3 Å². The molecule has 1 atom stereocenters. The zero-order valence-corrected chi connectivity index (χ0v) is 18.6. The highest BCUT2D eigenvalue weighted by Crippen LogP contribution is 2.39. The number of nitrogens with zero attached hydrogens (tertiary/aromatic N) is 1. The highest BCUT2D eigenvalue weighted by atomic mass is 32.1. The first kappa shape index (κ1) is 21.1. The summed E-state index contributed by atoms with van der Waals surface area (Å²) in [5, 5.41) is 7.34. The van der Waals surface area contributed by atoms with Crippen molar-refractivity contribution in [3.8, 4) is 5.75 Å². The van der Waals surface area contributed by atoms with Gasteiger partial charge in [0.15, 0.2) is 0 Å². The Bertz CT molecular complexity index is 1130. The summed E-state index contributed by atoms with van der Waals surface area (Å²) in [5.74, 6) is 1.02. The number of fused-ring (bicyclic) bond motifs is 1. The molecule has 7 nitrogen and oxygen atoms in total. The van der Waals surface area contributed by atoms with Crippen LogP contribution in [0.3, 0.4) is 0 Å². The molecule has 162 valence electrons. The molecule has 0 radical (unpaired) electrons. The van der Waals surface area contributed by atoms with Gasteiger partial charge in [0.25, 0.3) is 11.8 Å². The average Bonchev–Trinajstić information content (AvgIpc) is 3.25. The zero-order chi connectivity index (χ0) is 22.1. The van der Waals surface area contributed by atoms with Gasteiger partial charge in [-0.3, -0.25) is 9.59 Å². The van der Waals surface area contributed by atoms with Crippen molar-refractivity contribution >= 4 is 28.2 Å². The van der Waals surface area contributed by atoms with Gasteiger partial charge in [-0.05, 0) is 62.8 Å². The number of benzene rings is 1. The van der Waals surface area contributed by atoms with Crippen molar-refractivity contribution in [2.24, 2.45) is 11.7 Å². The smallest absolute Gasteiger partial charge is 0.256 e. The van der Waals surface area contributed by atoms with Crippen molar-refractivity contribution < 1.29 is 18.8 Å². The number of carbonyl (C=O) groups is 2. The minimum absolute atomic E-state index is 0.299. The number of thiophene rings is 1. The van der Waals surface area contributed by atoms with Gasteiger partial charge in [-0.25, -0.2) is 0 Å². The Morgan fingerprint density at radius 1 is 1.35 bits per heavy atom. The third kappa shape index (κ3) is 4.34. The molecular weight excluding hydrogens is 414 g/mol. The van der Waals surface area contributed by atoms with E-state index >= 15 is 0 Å². The van der Waals surface area contributed by atoms with E-state index in [1.165, 1.54) is 11.3 Å². The molecular formula is C23H25N3O4S. The molecule has 0 saturated heterocycles. The standard InChI is InChI=1S/C23H25N3O4S/c1-12-7-8-17-19(9-12)31-23(20(17)21(24)27)25-22(28)15-5-4-6-16(10-15)29-11-18-13(2)26-30-14(18)3/h4-6,10,12H,7-9,11H2,1-3H3,(H2,24,27)(H,25,28)/t12-/m1/s1. The van der Waals surface area contributed by atoms with Crippen LogP contribution in [0.5, 0.6) is 5.75 Å². The van der Waals surface area contributed by atoms with Crippen LogP contribution in [0.15, 0.2) is 28.8 Å². The lowest BCUT2D eigenvalue weighted by Crippen LogP contribution is -2.19. The molecule has 1 aliphatic rings. The molecule has 1 aliphatic carbocycles. The van der Waals surface area contributed by atoms with Crippen molar-refractivity contribution in [3.05, 3.63) is 62.9 Å². The lowest BCUT2D eigenvalue weighted by molar-refractivity contribution is 0.1000. The molecule has 2 amide bonds. The second-order valence-corrected chi connectivity index (χ2v) is 9.10. The second-order valence-electron chi connectivity index (χ2n) is 7.99. The molecule has 2 aromatic heterocycles. The Balaban J connectivity index is 1.52. The molecule has 0 aliphatic heterocycles. The van der Waals surface area contributed by atoms with E-state index < -0.39 is 5.91 Å². The number of hydrogen-bond donors (Lipinski definition) is 2. The molecule has 8 heteroatoms. The number of amides is 2. The molecule has 2 heterocycles. The number of rotatable bonds is 6. The number of nitrogens with one attached hydrogen (secondary N) is 1. The molecule has 31 heavy (non-hydrogen) atoms. The van der Waals surface area contributed by atoms with Gasteiger partial charge in [0.1, 0.15) is 23.1 Å². The minimum atomic E-state index is -0.501. The Labute approximate surface area is 184 Å². The third-order valence-corrected chi connectivity index (χ3v) is 6.82. The van der Waals surface area contributed by atoms with E-state index in [0.29, 0.717) is 40.2 Å². The van der Waals surface area contributed by atoms with Crippen LogP contribution >= 0.6 is 11.3 Å². The van der Waals surface area contributed by atoms with E-state index in [-0.39, 0.29) is 5.91 Å². The zero-order valence-electron chi connectivity index (χ0n) is 17.8. The first-order chi connectivity index (χ1) is 14.8. The quantitative estimate of drug-likeness (QED) is 0.592. The summed E-state index contributed by atoms with van der Waals surface area (Å²) in [6, 6.07) is 6.92. The normalized spacial score (nSPS) is 15.4. The maximum Gasteiger partial charge on any atom is 0.256 e. The molecule has 3 N–H and O–H groups in total. The summed E-state index contributed by atoms with van der Waals surface area (Å²) < 4.78 is 11.0. The fourth-order valence-electron chi connectivity index (χ4n) is 3.87. The predicted molar refractivity (Wildman–Crippen MR) is 119 cm³/mol. The Morgan fingerprint density at radius 2 is 2.16 bits per heavy atom. The van der Waals surface area contributed by atoms with Crippen molar-refractivity contribution in [1.82, 2.24) is 5.16 Å². The molecule has 0 spiro atoms. The largest absolute Gasteiger partial charge is 0.489 e. The second kappa shape index (κ2) is 8.55. The first-order valence-corrected chi connectivity index (χ1v) is 11.1. The predicted octanol–water partition coefficient (Wildman–Crippen LogP) is 4.41. The molecule has 0 bridgehead atoms. The van der Waals surface area contributed by atoms with Crippen molar-refractivity contribution in [3.63, 3.8) is 0 Å². The van der Waals surface area contributed by atoms with Crippen LogP contribution in [0.2, 0.25) is 0 Å². The van der Waals surface area contributed by atoms with Crippen molar-refractivity contribution in [2.45, 2.75) is 46.6 Å². The summed E-state index contributed by atoms with van der Waals surface area (Å²) >= 11 is 1.45. The maximum absolute atomic E-state index is 12.9. The third-order valence-electron chi connectivity index (χ3n) is 5.65. The van der Waals surface area contributed by atoms with E-state index in [0.717, 1.165) is 41.0 Å². The first-order valence-electron chi connectivity index (χ1n) is 10.2. The van der Waals surface area contributed by atoms with Gasteiger partial charge in [-0.1, -0.05) is 18.1 Å². The number of hydrogen-bond acceptors (Lipinski definition) is 6. The number of carbonyl (C=O) groups excluding carboxylic acids is 2. The Morgan fingerprint density at radius 3 is 2.87 bits per heavy atom. The monoisotopic (exact) mass is 439 g/mol. The van der Waals surface area contributed by atoms with Crippen LogP contribution in [-0.2, 0) is 19.4 Å². The van der Waals surface area contributed by atoms with Crippen LogP contribution in [-0.4, -0.2) is 17.0 Å². The molecule has 0 fully saturated rings. The molecule has 0 saturated carbocycles. The molecule has 4 rings (SSSR count). The summed E-state index contributed by atoms with van der Waals surface area (Å²) in [7, 11) is 0. The van der Waals surface area contributed by atoms with Crippen LogP contribution < -0.4 is 15.8 Å². The average molecular weight is 440 g/mol. The van der Waals surface area contributed by atoms with Crippen LogP contribution in [0, 0.1) is 19.8 Å². The number of aromatic nitrogens is 1. The number of anilines is 1. The lowest BCUT2D eigenvalue weighted by atomic mass is 9.88. The van der Waals surface area contributed by atoms with E-state index in [2.05, 4.69) is 17.4 Å². The number of nitrogens with two attached hydrogens (primary N) is 1. The minimum Gasteiger partial charge on any atom is -0.489 e. The fourth-order valence-corrected chi connectivity index (χ4v) is 5.28. The Hall–Kier alpha value is -3.13. The maximum atomic E-state index is 12.9. The summed E-state index contributed by atoms with van der Waals surface area (Å²) in [4.78, 5) is 26.2. The number of primary amides is 1. The molecule has 3 aromatic rings. The van der Waals surface area contributed by atoms with E-state index in [4.69, 9.17) is 15.0 Å². The lowest BCUT2D eigenvalue weighted by Gasteiger charge is -2.18. The fraction of sp³-hybridized carbons (Fsp3) is 0.348. The van der Waals surface area contributed by atoms with Gasteiger partial charge in [0.05, 0.1) is 16.8 Å². The van der Waals surface area contributed by atoms with Gasteiger partial charge >= 0.3 is 0 Å². The van der Waals surface area contributed by atoms with Gasteiger partial charge in [0.2, 0.25) is 0 Å². The highest BCUT2D eigenvalue weighted by Gasteiger charge is 2.27. The highest BCUT2D eigenvalue weighted by molar-refractivity contribution is 7.17. The molecule has 1 aromatic carbocycles. The van der Waals surface area contributed by atoms with E-state index in [9.17, 15) is 9.59 Å². The SMILES string of the molecule is Cc1noc(C)c1COc1cccc(C(=O)Nc2sc3c(c2C(N)=O)CC[C@@H](C)C3)c1. The van der Waals surface area contributed by atoms with Crippen LogP contribution in [0.4, 0.5) is 5.00 Å². The van der Waals surface area contributed by atoms with Gasteiger partial charge in [-0.15, -0.1) is 11.3 Å². The van der Waals surface area contributed by atoms with Gasteiger partial charge in [-0.2, -0.15) is 0 Å². The van der Waals surface area contributed by atoms with E-state index in [1.54, 1.807) is 24.3 Å². The summed E-state index contributed by atoms with van der Waals surface area (Å²) in [6.45, 7) is 6.18. The Kier molecular flexibility index (Phi) is 5.82. The number of ether oxygens (including phenoxy) is 1. The van der Waals surface area contributed by atoms with Crippen LogP contribution in [0.25, 0.3) is 0 Å². The molecule has 0 unspecified atom stereocenters. The van der Waals surface area contributed by atoms with Crippen molar-refractivity contribution in [1.29, 1.82) is 0 Å². The summed E-state index contributed by atoms with van der Waals surface area (Å²) in [5.41, 5.74) is 9.19. The summed E-state index contributed by atoms with van der Waals surface area (Å²) in [6.07, 6.45) is 2.73. The van der Waals surface area contributed by atoms with E-state index in [1.807, 2.05) is 13.8 Å². The van der Waals surface area contributed by atoms with Crippen LogP contribution in [0.1, 0.15) is 61.5 Å². The van der Waals surface area contributed by atoms with Gasteiger partial charge in [0, 0.05) is 10.4 Å². The topological polar surface area (TPSA) is 107 Å².